The van der Waals surface area contributed by atoms with Crippen molar-refractivity contribution in [3.05, 3.63) is 45.1 Å². The van der Waals surface area contributed by atoms with Gasteiger partial charge in [-0.1, -0.05) is 6.92 Å². The number of esters is 1. The second-order valence-electron chi connectivity index (χ2n) is 5.69. The highest BCUT2D eigenvalue weighted by molar-refractivity contribution is 7.26. The van der Waals surface area contributed by atoms with Crippen molar-refractivity contribution in [3.8, 4) is 19.5 Å². The molecule has 0 aliphatic rings. The molecule has 2 nitrogen and oxygen atoms in total. The van der Waals surface area contributed by atoms with Gasteiger partial charge in [-0.25, -0.2) is 0 Å². The SMILES string of the molecule is CCc1cc(C)sc1-c1ccc(-c2sc(C)cc2CC(=O)OC)s1. The molecule has 0 aliphatic carbocycles. The van der Waals surface area contributed by atoms with Crippen LogP contribution >= 0.6 is 34.0 Å². The lowest BCUT2D eigenvalue weighted by atomic mass is 10.1. The first-order valence-electron chi connectivity index (χ1n) is 7.87. The summed E-state index contributed by atoms with van der Waals surface area (Å²) in [6.45, 7) is 6.46. The van der Waals surface area contributed by atoms with Gasteiger partial charge in [-0.05, 0) is 55.7 Å². The van der Waals surface area contributed by atoms with E-state index in [0.717, 1.165) is 12.0 Å². The predicted molar refractivity (Wildman–Crippen MR) is 106 cm³/mol. The van der Waals surface area contributed by atoms with E-state index in [1.807, 2.05) is 22.7 Å². The third kappa shape index (κ3) is 3.48. The van der Waals surface area contributed by atoms with Crippen molar-refractivity contribution in [2.75, 3.05) is 7.11 Å². The highest BCUT2D eigenvalue weighted by Gasteiger charge is 2.17. The summed E-state index contributed by atoms with van der Waals surface area (Å²) in [5.41, 5.74) is 2.49. The quantitative estimate of drug-likeness (QED) is 0.503. The van der Waals surface area contributed by atoms with Gasteiger partial charge in [-0.2, -0.15) is 0 Å². The number of rotatable bonds is 5. The number of carbonyl (C=O) groups excluding carboxylic acids is 1. The van der Waals surface area contributed by atoms with E-state index in [1.165, 1.54) is 41.9 Å². The normalized spacial score (nSPS) is 11.0. The fraction of sp³-hybridized carbons (Fsp3) is 0.316. The van der Waals surface area contributed by atoms with E-state index in [9.17, 15) is 4.79 Å². The number of hydrogen-bond acceptors (Lipinski definition) is 5. The van der Waals surface area contributed by atoms with E-state index in [-0.39, 0.29) is 5.97 Å². The third-order valence-electron chi connectivity index (χ3n) is 3.86. The smallest absolute Gasteiger partial charge is 0.310 e. The molecule has 24 heavy (non-hydrogen) atoms. The van der Waals surface area contributed by atoms with Gasteiger partial charge in [0.25, 0.3) is 0 Å². The van der Waals surface area contributed by atoms with Crippen LogP contribution in [-0.2, 0) is 22.4 Å². The molecule has 3 aromatic rings. The maximum absolute atomic E-state index is 11.7. The lowest BCUT2D eigenvalue weighted by Gasteiger charge is -2.01. The molecule has 0 bridgehead atoms. The third-order valence-corrected chi connectivity index (χ3v) is 7.49. The topological polar surface area (TPSA) is 26.3 Å². The van der Waals surface area contributed by atoms with Crippen LogP contribution < -0.4 is 0 Å². The molecular weight excluding hydrogens is 356 g/mol. The fourth-order valence-corrected chi connectivity index (χ4v) is 6.19. The number of methoxy groups -OCH3 is 1. The van der Waals surface area contributed by atoms with Crippen molar-refractivity contribution in [2.24, 2.45) is 0 Å². The summed E-state index contributed by atoms with van der Waals surface area (Å²) in [5.74, 6) is -0.187. The van der Waals surface area contributed by atoms with Gasteiger partial charge in [-0.15, -0.1) is 34.0 Å². The molecule has 0 atom stereocenters. The van der Waals surface area contributed by atoms with Crippen LogP contribution in [0.1, 0.15) is 27.8 Å². The molecule has 0 N–H and O–H groups in total. The van der Waals surface area contributed by atoms with Crippen LogP contribution in [-0.4, -0.2) is 13.1 Å². The van der Waals surface area contributed by atoms with Crippen LogP contribution in [0.2, 0.25) is 0 Å². The van der Waals surface area contributed by atoms with Crippen LogP contribution in [0.15, 0.2) is 24.3 Å². The molecule has 0 unspecified atom stereocenters. The first kappa shape index (κ1) is 17.4. The number of aryl methyl sites for hydroxylation is 3. The Hall–Kier alpha value is -1.43. The summed E-state index contributed by atoms with van der Waals surface area (Å²) in [6.07, 6.45) is 1.39. The average molecular weight is 377 g/mol. The molecule has 0 fully saturated rings. The summed E-state index contributed by atoms with van der Waals surface area (Å²) in [5, 5.41) is 0. The van der Waals surface area contributed by atoms with E-state index < -0.39 is 0 Å². The molecular formula is C19H20O2S3. The minimum absolute atomic E-state index is 0.187. The zero-order valence-electron chi connectivity index (χ0n) is 14.3. The van der Waals surface area contributed by atoms with Gasteiger partial charge >= 0.3 is 5.97 Å². The van der Waals surface area contributed by atoms with Crippen molar-refractivity contribution < 1.29 is 9.53 Å². The second kappa shape index (κ2) is 7.21. The number of thiophene rings is 3. The first-order chi connectivity index (χ1) is 11.5. The lowest BCUT2D eigenvalue weighted by molar-refractivity contribution is -0.139. The Bertz CT molecular complexity index is 867. The highest BCUT2D eigenvalue weighted by Crippen LogP contribution is 2.43. The predicted octanol–water partition coefficient (Wildman–Crippen LogP) is 6.10. The molecule has 3 rings (SSSR count). The molecule has 0 amide bonds. The number of hydrogen-bond donors (Lipinski definition) is 0. The second-order valence-corrected chi connectivity index (χ2v) is 9.29. The summed E-state index contributed by atoms with van der Waals surface area (Å²) in [7, 11) is 1.44. The molecule has 0 aromatic carbocycles. The van der Waals surface area contributed by atoms with Gasteiger partial charge in [0.2, 0.25) is 0 Å². The van der Waals surface area contributed by atoms with Gasteiger partial charge in [0, 0.05) is 29.3 Å². The largest absolute Gasteiger partial charge is 0.469 e. The van der Waals surface area contributed by atoms with E-state index in [0.29, 0.717) is 6.42 Å². The molecule has 0 spiro atoms. The number of ether oxygens (including phenoxy) is 1. The minimum atomic E-state index is -0.187. The zero-order valence-corrected chi connectivity index (χ0v) is 16.7. The van der Waals surface area contributed by atoms with Crippen LogP contribution in [0.3, 0.4) is 0 Å². The van der Waals surface area contributed by atoms with Crippen LogP contribution in [0.5, 0.6) is 0 Å². The standard InChI is InChI=1S/C19H20O2S3/c1-5-13-8-11(2)22-18(13)15-6-7-16(24-15)19-14(9-12(3)23-19)10-17(20)21-4/h6-9H,5,10H2,1-4H3. The summed E-state index contributed by atoms with van der Waals surface area (Å²) in [4.78, 5) is 19.4. The molecule has 3 heterocycles. The van der Waals surface area contributed by atoms with Crippen molar-refractivity contribution in [2.45, 2.75) is 33.6 Å². The van der Waals surface area contributed by atoms with Crippen molar-refractivity contribution in [1.82, 2.24) is 0 Å². The maximum Gasteiger partial charge on any atom is 0.310 e. The molecule has 3 aromatic heterocycles. The maximum atomic E-state index is 11.7. The van der Waals surface area contributed by atoms with Gasteiger partial charge in [0.15, 0.2) is 0 Å². The Morgan fingerprint density at radius 2 is 1.50 bits per heavy atom. The van der Waals surface area contributed by atoms with Crippen LogP contribution in [0.25, 0.3) is 19.5 Å². The Labute approximate surface area is 154 Å². The first-order valence-corrected chi connectivity index (χ1v) is 10.3. The molecule has 0 aliphatic heterocycles. The molecule has 0 radical (unpaired) electrons. The van der Waals surface area contributed by atoms with E-state index in [2.05, 4.69) is 45.0 Å². The Kier molecular flexibility index (Phi) is 5.23. The lowest BCUT2D eigenvalue weighted by Crippen LogP contribution is -2.04. The van der Waals surface area contributed by atoms with Crippen molar-refractivity contribution in [1.29, 1.82) is 0 Å². The van der Waals surface area contributed by atoms with Gasteiger partial charge in [-0.3, -0.25) is 4.79 Å². The monoisotopic (exact) mass is 376 g/mol. The summed E-state index contributed by atoms with van der Waals surface area (Å²) in [6, 6.07) is 8.78. The van der Waals surface area contributed by atoms with Gasteiger partial charge in [0.05, 0.1) is 13.5 Å². The summed E-state index contributed by atoms with van der Waals surface area (Å²) >= 11 is 5.43. The summed E-state index contributed by atoms with van der Waals surface area (Å²) < 4.78 is 4.83. The molecule has 126 valence electrons. The van der Waals surface area contributed by atoms with Crippen LogP contribution in [0, 0.1) is 13.8 Å². The van der Waals surface area contributed by atoms with E-state index >= 15 is 0 Å². The van der Waals surface area contributed by atoms with Crippen LogP contribution in [0.4, 0.5) is 0 Å². The van der Waals surface area contributed by atoms with Gasteiger partial charge in [0.1, 0.15) is 0 Å². The fourth-order valence-electron chi connectivity index (χ4n) is 2.75. The Morgan fingerprint density at radius 3 is 2.04 bits per heavy atom. The molecule has 0 saturated heterocycles. The molecule has 5 heteroatoms. The average Bonchev–Trinajstić information content (AvgIpc) is 3.25. The van der Waals surface area contributed by atoms with Crippen molar-refractivity contribution >= 4 is 40.0 Å². The van der Waals surface area contributed by atoms with Crippen molar-refractivity contribution in [3.63, 3.8) is 0 Å². The van der Waals surface area contributed by atoms with E-state index in [4.69, 9.17) is 4.74 Å². The van der Waals surface area contributed by atoms with Gasteiger partial charge < -0.3 is 4.74 Å². The Morgan fingerprint density at radius 1 is 0.958 bits per heavy atom. The minimum Gasteiger partial charge on any atom is -0.469 e. The molecule has 0 saturated carbocycles. The highest BCUT2D eigenvalue weighted by atomic mass is 32.1. The van der Waals surface area contributed by atoms with E-state index in [1.54, 1.807) is 11.3 Å². The zero-order chi connectivity index (χ0) is 17.3. The Balaban J connectivity index is 1.98. The number of carbonyl (C=O) groups is 1.